The predicted molar refractivity (Wildman–Crippen MR) is 313 cm³/mol. The molecule has 7 aromatic rings. The molecule has 0 aliphatic carbocycles. The minimum absolute atomic E-state index is 0.00994. The third-order valence-electron chi connectivity index (χ3n) is 15.8. The Hall–Kier alpha value is -7.74. The number of aromatic nitrogens is 4. The van der Waals surface area contributed by atoms with Crippen molar-refractivity contribution in [3.05, 3.63) is 119 Å². The Bertz CT molecular complexity index is 3550. The molecular formula is C61H66ClFN10O9S. The van der Waals surface area contributed by atoms with Gasteiger partial charge in [0.25, 0.3) is 5.88 Å². The van der Waals surface area contributed by atoms with Crippen LogP contribution in [0.5, 0.6) is 17.6 Å². The van der Waals surface area contributed by atoms with Crippen molar-refractivity contribution < 1.29 is 47.7 Å². The van der Waals surface area contributed by atoms with Crippen molar-refractivity contribution in [1.29, 1.82) is 5.26 Å². The maximum Gasteiger partial charge on any atom is 0.319 e. The topological polar surface area (TPSA) is 233 Å². The molecule has 6 heterocycles. The van der Waals surface area contributed by atoms with Crippen molar-refractivity contribution in [2.24, 2.45) is 5.92 Å². The number of aromatic hydroxyl groups is 1. The number of benzene rings is 4. The number of rotatable bonds is 20. The Labute approximate surface area is 489 Å². The second-order valence-electron chi connectivity index (χ2n) is 21.6. The van der Waals surface area contributed by atoms with E-state index in [2.05, 4.69) is 38.0 Å². The fraction of sp³-hybridized carbons (Fsp3) is 0.410. The summed E-state index contributed by atoms with van der Waals surface area (Å²) in [6.45, 7) is 14.7. The van der Waals surface area contributed by atoms with E-state index in [1.54, 1.807) is 34.4 Å². The Morgan fingerprint density at radius 2 is 1.76 bits per heavy atom. The van der Waals surface area contributed by atoms with E-state index in [1.807, 2.05) is 86.6 Å². The van der Waals surface area contributed by atoms with E-state index in [9.17, 15) is 29.9 Å². The minimum Gasteiger partial charge on any atom is -0.508 e. The van der Waals surface area contributed by atoms with Gasteiger partial charge in [-0.25, -0.2) is 9.37 Å². The molecule has 3 aromatic heterocycles. The van der Waals surface area contributed by atoms with Crippen molar-refractivity contribution in [3.63, 3.8) is 0 Å². The van der Waals surface area contributed by atoms with Crippen LogP contribution >= 0.6 is 22.9 Å². The lowest BCUT2D eigenvalue weighted by molar-refractivity contribution is -0.141. The molecule has 10 rings (SSSR count). The maximum atomic E-state index is 17.2. The molecule has 434 valence electrons. The molecule has 3 aliphatic heterocycles. The number of nitrogens with one attached hydrogen (secondary N) is 1. The number of aliphatic hydroxyl groups is 1. The van der Waals surface area contributed by atoms with Gasteiger partial charge in [0.15, 0.2) is 11.6 Å². The normalized spacial score (nSPS) is 18.6. The van der Waals surface area contributed by atoms with Crippen LogP contribution < -0.4 is 19.7 Å². The van der Waals surface area contributed by atoms with Crippen LogP contribution in [0.25, 0.3) is 43.2 Å². The van der Waals surface area contributed by atoms with Crippen LogP contribution in [0, 0.1) is 30.0 Å². The van der Waals surface area contributed by atoms with Gasteiger partial charge in [-0.2, -0.15) is 15.2 Å². The molecule has 3 N–H and O–H groups in total. The van der Waals surface area contributed by atoms with Crippen molar-refractivity contribution in [3.8, 4) is 45.3 Å². The fourth-order valence-electron chi connectivity index (χ4n) is 11.5. The number of thiazole rings is 1. The lowest BCUT2D eigenvalue weighted by Crippen LogP contribution is -2.55. The largest absolute Gasteiger partial charge is 0.508 e. The van der Waals surface area contributed by atoms with E-state index in [0.717, 1.165) is 47.6 Å². The summed E-state index contributed by atoms with van der Waals surface area (Å²) in [5.41, 5.74) is 5.13. The quantitative estimate of drug-likeness (QED) is 0.0477. The number of halogens is 2. The third kappa shape index (κ3) is 12.9. The van der Waals surface area contributed by atoms with Gasteiger partial charge in [-0.3, -0.25) is 19.3 Å². The summed E-state index contributed by atoms with van der Waals surface area (Å²) in [6.07, 6.45) is 1.99. The van der Waals surface area contributed by atoms with E-state index in [0.29, 0.717) is 46.4 Å². The summed E-state index contributed by atoms with van der Waals surface area (Å²) >= 11 is 8.53. The van der Waals surface area contributed by atoms with Gasteiger partial charge in [-0.1, -0.05) is 80.6 Å². The molecule has 5 atom stereocenters. The first-order valence-electron chi connectivity index (χ1n) is 27.9. The Balaban J connectivity index is 0.726. The number of nitrogens with zero attached hydrogens (tertiary/aromatic N) is 9. The average molecular weight is 1170 g/mol. The molecule has 0 bridgehead atoms. The number of carbonyl (C=O) groups excluding carboxylic acids is 3. The zero-order valence-electron chi connectivity index (χ0n) is 46.7. The van der Waals surface area contributed by atoms with Gasteiger partial charge in [0, 0.05) is 69.3 Å². The highest BCUT2D eigenvalue weighted by atomic mass is 35.5. The summed E-state index contributed by atoms with van der Waals surface area (Å²) < 4.78 is 41.3. The van der Waals surface area contributed by atoms with Gasteiger partial charge in [-0.15, -0.1) is 11.3 Å². The standard InChI is InChI=1S/C61H66ClFN10O9S/c1-6-52(76)72-22-21-71(32-41(72)15-18-64)58-47-30-48(62)54(46-28-42(74)27-40-9-7-8-10-45(40)46)55(63)56(47)67-61(68-58)81-24-23-70-19-16-44(17-20-70)79-25-26-80-51-31-50(82-69-51)53(35(2)3)60(78)73-33-43(75)29-49(73)59(77)66-36(4)38-11-13-39(14-12-38)57-37(5)65-34-83-57/h6-14,27-28,30-31,34-36,41,43-44,49,53,74-75H,1,15-17,19-26,29,32-33H2,2-5H3,(H,66,77)/t36-,41-,43-,49-,53+/m0/s1. The smallest absolute Gasteiger partial charge is 0.319 e. The first-order valence-corrected chi connectivity index (χ1v) is 29.2. The van der Waals surface area contributed by atoms with Crippen LogP contribution in [0.3, 0.4) is 0 Å². The van der Waals surface area contributed by atoms with E-state index < -0.39 is 29.9 Å². The molecule has 0 spiro atoms. The van der Waals surface area contributed by atoms with Gasteiger partial charge in [0.2, 0.25) is 17.7 Å². The number of anilines is 1. The van der Waals surface area contributed by atoms with E-state index in [-0.39, 0.29) is 122 Å². The number of likely N-dealkylation sites (tertiary alicyclic amines) is 2. The monoisotopic (exact) mass is 1170 g/mol. The molecule has 3 fully saturated rings. The number of nitriles is 1. The number of piperazine rings is 1. The SMILES string of the molecule is C=CC(=O)N1CCN(c2nc(OCCN3CCC(OCCOc4cc([C@H](C(=O)N5C[C@@H](O)C[C@H]5C(=O)N[C@@H](C)c5ccc(-c6scnc6C)cc5)C(C)C)on4)CC3)nc3c(F)c(-c4cc(O)cc5ccccc45)c(Cl)cc23)C[C@@H]1CC#N. The van der Waals surface area contributed by atoms with E-state index >= 15 is 4.39 Å². The first-order chi connectivity index (χ1) is 40.1. The van der Waals surface area contributed by atoms with Crippen LogP contribution in [-0.2, 0) is 19.1 Å². The minimum atomic E-state index is -0.874. The molecule has 0 unspecified atom stereocenters. The highest BCUT2D eigenvalue weighted by Gasteiger charge is 2.44. The summed E-state index contributed by atoms with van der Waals surface area (Å²) in [6, 6.07) is 22.0. The van der Waals surface area contributed by atoms with Crippen LogP contribution in [0.2, 0.25) is 5.02 Å². The van der Waals surface area contributed by atoms with Gasteiger partial charge in [0.05, 0.1) is 64.5 Å². The van der Waals surface area contributed by atoms with Crippen molar-refractivity contribution >= 4 is 68.2 Å². The van der Waals surface area contributed by atoms with E-state index in [1.165, 1.54) is 17.0 Å². The highest BCUT2D eigenvalue weighted by Crippen LogP contribution is 2.43. The number of aryl methyl sites for hydroxylation is 1. The number of fused-ring (bicyclic) bond motifs is 2. The predicted octanol–water partition coefficient (Wildman–Crippen LogP) is 9.00. The van der Waals surface area contributed by atoms with Gasteiger partial charge < -0.3 is 49.0 Å². The lowest BCUT2D eigenvalue weighted by Gasteiger charge is -2.41. The number of β-amino-alcohol motifs (C(OH)–C–C–N with tert-alkyl or cyclic N) is 1. The van der Waals surface area contributed by atoms with Crippen molar-refractivity contribution in [1.82, 2.24) is 40.1 Å². The summed E-state index contributed by atoms with van der Waals surface area (Å²) in [4.78, 5) is 62.9. The number of ether oxygens (including phenoxy) is 3. The Kier molecular flexibility index (Phi) is 18.2. The molecular weight excluding hydrogens is 1100 g/mol. The summed E-state index contributed by atoms with van der Waals surface area (Å²) in [7, 11) is 0. The molecule has 22 heteroatoms. The zero-order chi connectivity index (χ0) is 58.5. The number of amides is 3. The molecule has 3 saturated heterocycles. The van der Waals surface area contributed by atoms with Crippen LogP contribution in [-0.4, -0.2) is 153 Å². The second-order valence-corrected chi connectivity index (χ2v) is 22.9. The average Bonchev–Trinajstić information content (AvgIpc) is 4.00. The third-order valence-corrected chi connectivity index (χ3v) is 17.0. The van der Waals surface area contributed by atoms with Crippen LogP contribution in [0.4, 0.5) is 10.2 Å². The van der Waals surface area contributed by atoms with E-state index in [4.69, 9.17) is 35.3 Å². The van der Waals surface area contributed by atoms with Gasteiger partial charge in [-0.05, 0) is 89.5 Å². The maximum absolute atomic E-state index is 17.2. The number of piperidine rings is 1. The molecule has 0 radical (unpaired) electrons. The number of hydrogen-bond donors (Lipinski definition) is 3. The van der Waals surface area contributed by atoms with Gasteiger partial charge >= 0.3 is 6.01 Å². The molecule has 83 heavy (non-hydrogen) atoms. The molecule has 19 nitrogen and oxygen atoms in total. The molecule has 0 saturated carbocycles. The van der Waals surface area contributed by atoms with Gasteiger partial charge in [0.1, 0.15) is 42.3 Å². The molecule has 3 amide bonds. The van der Waals surface area contributed by atoms with Crippen LogP contribution in [0.15, 0.2) is 95.5 Å². The molecule has 3 aliphatic rings. The number of phenolic OH excluding ortho intramolecular Hbond substituents is 1. The highest BCUT2D eigenvalue weighted by molar-refractivity contribution is 7.13. The number of carbonyl (C=O) groups is 3. The summed E-state index contributed by atoms with van der Waals surface area (Å²) in [5.74, 6) is -1.95. The number of aliphatic hydroxyl groups excluding tert-OH is 1. The van der Waals surface area contributed by atoms with Crippen LogP contribution in [0.1, 0.15) is 75.4 Å². The first kappa shape index (κ1) is 58.5. The second kappa shape index (κ2) is 25.8. The summed E-state index contributed by atoms with van der Waals surface area (Å²) in [5, 5.41) is 40.1. The number of phenols is 1. The Morgan fingerprint density at radius 3 is 2.49 bits per heavy atom. The zero-order valence-corrected chi connectivity index (χ0v) is 48.2. The fourth-order valence-corrected chi connectivity index (χ4v) is 12.6. The lowest BCUT2D eigenvalue weighted by atomic mass is 9.91. The number of hydrogen-bond acceptors (Lipinski definition) is 17. The Morgan fingerprint density at radius 1 is 0.976 bits per heavy atom. The van der Waals surface area contributed by atoms with Crippen molar-refractivity contribution in [2.45, 2.75) is 89.6 Å². The molecule has 4 aromatic carbocycles. The van der Waals surface area contributed by atoms with Crippen molar-refractivity contribution in [2.75, 3.05) is 70.5 Å².